The standard InChI is InChI=1S/C11H7BrN4O/c12-8-5-9(7-13-6-8)17-11-2-4-16-10(15-11)1-3-14-16/h1-7H. The van der Waals surface area contributed by atoms with Crippen LogP contribution in [0.4, 0.5) is 0 Å². The van der Waals surface area contributed by atoms with Crippen molar-refractivity contribution in [3.8, 4) is 11.6 Å². The molecule has 0 aliphatic heterocycles. The second-order valence-electron chi connectivity index (χ2n) is 3.34. The number of hydrogen-bond donors (Lipinski definition) is 0. The second-order valence-corrected chi connectivity index (χ2v) is 4.26. The lowest BCUT2D eigenvalue weighted by molar-refractivity contribution is 0.460. The Kier molecular flexibility index (Phi) is 2.49. The zero-order chi connectivity index (χ0) is 11.7. The predicted molar refractivity (Wildman–Crippen MR) is 65.0 cm³/mol. The van der Waals surface area contributed by atoms with Crippen LogP contribution in [-0.4, -0.2) is 19.6 Å². The van der Waals surface area contributed by atoms with Crippen LogP contribution in [0.15, 0.2) is 47.5 Å². The van der Waals surface area contributed by atoms with Gasteiger partial charge < -0.3 is 4.74 Å². The second kappa shape index (κ2) is 4.14. The van der Waals surface area contributed by atoms with Crippen LogP contribution in [0.5, 0.6) is 11.6 Å². The average Bonchev–Trinajstić information content (AvgIpc) is 2.76. The molecule has 0 radical (unpaired) electrons. The number of halogens is 1. The molecule has 5 nitrogen and oxygen atoms in total. The van der Waals surface area contributed by atoms with Gasteiger partial charge in [0.1, 0.15) is 5.75 Å². The summed E-state index contributed by atoms with van der Waals surface area (Å²) < 4.78 is 8.13. The number of hydrogen-bond acceptors (Lipinski definition) is 4. The van der Waals surface area contributed by atoms with Crippen LogP contribution in [0.3, 0.4) is 0 Å². The Hall–Kier alpha value is -1.95. The van der Waals surface area contributed by atoms with Crippen molar-refractivity contribution in [1.29, 1.82) is 0 Å². The Balaban J connectivity index is 1.94. The lowest BCUT2D eigenvalue weighted by atomic mass is 10.4. The van der Waals surface area contributed by atoms with Crippen molar-refractivity contribution in [2.45, 2.75) is 0 Å². The third-order valence-electron chi connectivity index (χ3n) is 2.13. The van der Waals surface area contributed by atoms with E-state index >= 15 is 0 Å². The predicted octanol–water partition coefficient (Wildman–Crippen LogP) is 2.68. The zero-order valence-corrected chi connectivity index (χ0v) is 10.2. The summed E-state index contributed by atoms with van der Waals surface area (Å²) in [7, 11) is 0. The molecular weight excluding hydrogens is 284 g/mol. The fourth-order valence-corrected chi connectivity index (χ4v) is 1.76. The summed E-state index contributed by atoms with van der Waals surface area (Å²) in [4.78, 5) is 8.31. The van der Waals surface area contributed by atoms with E-state index in [2.05, 4.69) is 31.0 Å². The summed E-state index contributed by atoms with van der Waals surface area (Å²) in [5.74, 6) is 1.15. The number of aromatic nitrogens is 4. The summed E-state index contributed by atoms with van der Waals surface area (Å²) in [6.07, 6.45) is 6.81. The van der Waals surface area contributed by atoms with Crippen molar-refractivity contribution in [3.05, 3.63) is 47.5 Å². The Morgan fingerprint density at radius 2 is 2.18 bits per heavy atom. The highest BCUT2D eigenvalue weighted by molar-refractivity contribution is 9.10. The summed E-state index contributed by atoms with van der Waals surface area (Å²) in [5, 5.41) is 4.06. The van der Waals surface area contributed by atoms with E-state index in [0.717, 1.165) is 10.1 Å². The molecule has 0 saturated carbocycles. The molecule has 84 valence electrons. The smallest absolute Gasteiger partial charge is 0.222 e. The van der Waals surface area contributed by atoms with Crippen molar-refractivity contribution < 1.29 is 4.74 Å². The molecule has 0 amide bonds. The van der Waals surface area contributed by atoms with Crippen LogP contribution in [-0.2, 0) is 0 Å². The molecule has 0 atom stereocenters. The van der Waals surface area contributed by atoms with Crippen molar-refractivity contribution in [2.24, 2.45) is 0 Å². The van der Waals surface area contributed by atoms with E-state index in [0.29, 0.717) is 11.6 Å². The quantitative estimate of drug-likeness (QED) is 0.728. The van der Waals surface area contributed by atoms with E-state index in [9.17, 15) is 0 Å². The Morgan fingerprint density at radius 1 is 1.24 bits per heavy atom. The van der Waals surface area contributed by atoms with Gasteiger partial charge in [0.25, 0.3) is 0 Å². The Bertz CT molecular complexity index is 667. The van der Waals surface area contributed by atoms with Gasteiger partial charge >= 0.3 is 0 Å². The van der Waals surface area contributed by atoms with Gasteiger partial charge in [0.15, 0.2) is 5.65 Å². The first kappa shape index (κ1) is 10.2. The lowest BCUT2D eigenvalue weighted by Crippen LogP contribution is -1.93. The van der Waals surface area contributed by atoms with E-state index in [1.54, 1.807) is 35.4 Å². The molecular formula is C11H7BrN4O. The number of ether oxygens (including phenoxy) is 1. The summed E-state index contributed by atoms with van der Waals surface area (Å²) in [5.41, 5.74) is 0.741. The van der Waals surface area contributed by atoms with Gasteiger partial charge in [-0.15, -0.1) is 0 Å². The van der Waals surface area contributed by atoms with E-state index in [1.165, 1.54) is 0 Å². The van der Waals surface area contributed by atoms with Gasteiger partial charge in [-0.25, -0.2) is 4.52 Å². The first-order chi connectivity index (χ1) is 8.31. The van der Waals surface area contributed by atoms with E-state index in [-0.39, 0.29) is 0 Å². The highest BCUT2D eigenvalue weighted by Crippen LogP contribution is 2.21. The minimum atomic E-state index is 0.512. The van der Waals surface area contributed by atoms with Crippen LogP contribution in [0.25, 0.3) is 5.65 Å². The summed E-state index contributed by atoms with van der Waals surface area (Å²) in [6, 6.07) is 5.39. The van der Waals surface area contributed by atoms with Crippen molar-refractivity contribution in [3.63, 3.8) is 0 Å². The van der Waals surface area contributed by atoms with E-state index in [1.807, 2.05) is 12.1 Å². The molecule has 3 aromatic heterocycles. The monoisotopic (exact) mass is 290 g/mol. The minimum Gasteiger partial charge on any atom is -0.437 e. The molecule has 6 heteroatoms. The first-order valence-electron chi connectivity index (χ1n) is 4.90. The van der Waals surface area contributed by atoms with Gasteiger partial charge in [0.05, 0.1) is 12.4 Å². The summed E-state index contributed by atoms with van der Waals surface area (Å²) in [6.45, 7) is 0. The first-order valence-corrected chi connectivity index (χ1v) is 5.69. The maximum atomic E-state index is 5.59. The lowest BCUT2D eigenvalue weighted by Gasteiger charge is -2.04. The third-order valence-corrected chi connectivity index (χ3v) is 2.57. The normalized spacial score (nSPS) is 10.6. The highest BCUT2D eigenvalue weighted by atomic mass is 79.9. The van der Waals surface area contributed by atoms with Crippen LogP contribution in [0.2, 0.25) is 0 Å². The minimum absolute atomic E-state index is 0.512. The van der Waals surface area contributed by atoms with Crippen molar-refractivity contribution >= 4 is 21.6 Å². The molecule has 0 aliphatic carbocycles. The van der Waals surface area contributed by atoms with Gasteiger partial charge in [-0.1, -0.05) is 0 Å². The molecule has 0 aliphatic rings. The Labute approximate surface area is 105 Å². The van der Waals surface area contributed by atoms with Crippen LogP contribution in [0, 0.1) is 0 Å². The highest BCUT2D eigenvalue weighted by Gasteiger charge is 2.02. The van der Waals surface area contributed by atoms with Crippen LogP contribution >= 0.6 is 15.9 Å². The molecule has 17 heavy (non-hydrogen) atoms. The molecule has 0 spiro atoms. The van der Waals surface area contributed by atoms with Gasteiger partial charge in [-0.2, -0.15) is 10.1 Å². The number of rotatable bonds is 2. The molecule has 0 fully saturated rings. The van der Waals surface area contributed by atoms with Gasteiger partial charge in [0, 0.05) is 29.0 Å². The number of fused-ring (bicyclic) bond motifs is 1. The molecule has 3 aromatic rings. The van der Waals surface area contributed by atoms with Crippen LogP contribution < -0.4 is 4.74 Å². The van der Waals surface area contributed by atoms with E-state index in [4.69, 9.17) is 4.74 Å². The molecule has 3 rings (SSSR count). The van der Waals surface area contributed by atoms with E-state index < -0.39 is 0 Å². The van der Waals surface area contributed by atoms with Gasteiger partial charge in [-0.05, 0) is 22.0 Å². The fraction of sp³-hybridized carbons (Fsp3) is 0. The van der Waals surface area contributed by atoms with Gasteiger partial charge in [0.2, 0.25) is 5.88 Å². The SMILES string of the molecule is Brc1cncc(Oc2ccn3nccc3n2)c1. The average molecular weight is 291 g/mol. The topological polar surface area (TPSA) is 52.3 Å². The molecule has 0 unspecified atom stereocenters. The van der Waals surface area contributed by atoms with Gasteiger partial charge in [-0.3, -0.25) is 4.98 Å². The largest absolute Gasteiger partial charge is 0.437 e. The fourth-order valence-electron chi connectivity index (χ4n) is 1.42. The summed E-state index contributed by atoms with van der Waals surface area (Å²) >= 11 is 3.33. The number of pyridine rings is 1. The maximum absolute atomic E-state index is 5.59. The maximum Gasteiger partial charge on any atom is 0.222 e. The Morgan fingerprint density at radius 3 is 3.06 bits per heavy atom. The molecule has 0 aromatic carbocycles. The van der Waals surface area contributed by atoms with Crippen molar-refractivity contribution in [1.82, 2.24) is 19.6 Å². The molecule has 0 bridgehead atoms. The van der Waals surface area contributed by atoms with Crippen molar-refractivity contribution in [2.75, 3.05) is 0 Å². The molecule has 0 saturated heterocycles. The van der Waals surface area contributed by atoms with Crippen LogP contribution in [0.1, 0.15) is 0 Å². The number of nitrogens with zero attached hydrogens (tertiary/aromatic N) is 4. The third kappa shape index (κ3) is 2.12. The zero-order valence-electron chi connectivity index (χ0n) is 8.62. The molecule has 0 N–H and O–H groups in total. The molecule has 3 heterocycles.